The normalized spacial score (nSPS) is 11.1. The maximum atomic E-state index is 10.5. The molecule has 0 heterocycles. The topological polar surface area (TPSA) is 52.4 Å². The lowest BCUT2D eigenvalue weighted by Crippen LogP contribution is -2.26. The van der Waals surface area contributed by atoms with E-state index in [1.807, 2.05) is 20.8 Å². The Labute approximate surface area is 89.0 Å². The molecular formula is C11H15NO3. The van der Waals surface area contributed by atoms with Crippen LogP contribution in [0, 0.1) is 10.1 Å². The smallest absolute Gasteiger partial charge is 0.273 e. The molecule has 0 saturated heterocycles. The van der Waals surface area contributed by atoms with Gasteiger partial charge in [-0.05, 0) is 26.3 Å². The summed E-state index contributed by atoms with van der Waals surface area (Å²) in [5.41, 5.74) is -0.241. The number of hydrogen-bond acceptors (Lipinski definition) is 3. The number of rotatable bonds is 4. The van der Waals surface area contributed by atoms with Crippen molar-refractivity contribution >= 4 is 5.69 Å². The molecule has 15 heavy (non-hydrogen) atoms. The summed E-state index contributed by atoms with van der Waals surface area (Å²) in [5.74, 6) is 0.538. The molecule has 4 heteroatoms. The fourth-order valence-electron chi connectivity index (χ4n) is 1.05. The van der Waals surface area contributed by atoms with E-state index in [1.165, 1.54) is 12.1 Å². The van der Waals surface area contributed by atoms with E-state index in [-0.39, 0.29) is 11.3 Å². The van der Waals surface area contributed by atoms with Gasteiger partial charge in [-0.3, -0.25) is 10.1 Å². The highest BCUT2D eigenvalue weighted by atomic mass is 16.6. The van der Waals surface area contributed by atoms with Gasteiger partial charge in [-0.25, -0.2) is 0 Å². The molecule has 82 valence electrons. The average Bonchev–Trinajstić information content (AvgIpc) is 2.17. The van der Waals surface area contributed by atoms with Crippen molar-refractivity contribution in [2.45, 2.75) is 32.8 Å². The molecule has 0 aromatic heterocycles. The van der Waals surface area contributed by atoms with Crippen LogP contribution in [0.5, 0.6) is 5.75 Å². The molecule has 1 aromatic carbocycles. The number of hydrogen-bond donors (Lipinski definition) is 0. The second-order valence-electron chi connectivity index (χ2n) is 3.97. The van der Waals surface area contributed by atoms with Gasteiger partial charge in [0, 0.05) is 6.07 Å². The molecule has 0 unspecified atom stereocenters. The van der Waals surface area contributed by atoms with Crippen LogP contribution in [0.1, 0.15) is 27.2 Å². The highest BCUT2D eigenvalue weighted by molar-refractivity contribution is 5.38. The Balaban J connectivity index is 2.87. The third-order valence-corrected chi connectivity index (χ3v) is 2.27. The van der Waals surface area contributed by atoms with Crippen molar-refractivity contribution in [2.24, 2.45) is 0 Å². The summed E-state index contributed by atoms with van der Waals surface area (Å²) < 4.78 is 5.64. The van der Waals surface area contributed by atoms with Crippen LogP contribution in [-0.2, 0) is 0 Å². The van der Waals surface area contributed by atoms with Gasteiger partial charge < -0.3 is 4.74 Å². The molecule has 1 aromatic rings. The lowest BCUT2D eigenvalue weighted by Gasteiger charge is -2.24. The quantitative estimate of drug-likeness (QED) is 0.565. The Morgan fingerprint density at radius 3 is 2.67 bits per heavy atom. The van der Waals surface area contributed by atoms with Crippen molar-refractivity contribution < 1.29 is 9.66 Å². The van der Waals surface area contributed by atoms with Crippen LogP contribution in [-0.4, -0.2) is 10.5 Å². The molecule has 4 nitrogen and oxygen atoms in total. The van der Waals surface area contributed by atoms with Crippen molar-refractivity contribution in [3.05, 3.63) is 34.4 Å². The Kier molecular flexibility index (Phi) is 3.29. The van der Waals surface area contributed by atoms with Crippen LogP contribution in [0.25, 0.3) is 0 Å². The molecule has 0 aliphatic rings. The molecule has 0 aliphatic carbocycles. The van der Waals surface area contributed by atoms with Crippen molar-refractivity contribution in [1.29, 1.82) is 0 Å². The van der Waals surface area contributed by atoms with E-state index in [4.69, 9.17) is 4.74 Å². The van der Waals surface area contributed by atoms with Gasteiger partial charge in [0.1, 0.15) is 11.4 Å². The van der Waals surface area contributed by atoms with Crippen LogP contribution < -0.4 is 4.74 Å². The van der Waals surface area contributed by atoms with Crippen LogP contribution in [0.4, 0.5) is 5.69 Å². The van der Waals surface area contributed by atoms with Crippen LogP contribution in [0.15, 0.2) is 24.3 Å². The minimum atomic E-state index is -0.425. The number of benzene rings is 1. The molecule has 0 amide bonds. The number of nitro benzene ring substituents is 1. The van der Waals surface area contributed by atoms with Gasteiger partial charge in [-0.15, -0.1) is 0 Å². The van der Waals surface area contributed by atoms with Crippen LogP contribution >= 0.6 is 0 Å². The Morgan fingerprint density at radius 2 is 2.13 bits per heavy atom. The monoisotopic (exact) mass is 209 g/mol. The fourth-order valence-corrected chi connectivity index (χ4v) is 1.05. The minimum Gasteiger partial charge on any atom is -0.488 e. The summed E-state index contributed by atoms with van der Waals surface area (Å²) in [6.45, 7) is 5.91. The van der Waals surface area contributed by atoms with E-state index in [2.05, 4.69) is 0 Å². The molecule has 0 fully saturated rings. The third kappa shape index (κ3) is 3.23. The van der Waals surface area contributed by atoms with Gasteiger partial charge >= 0.3 is 0 Å². The highest BCUT2D eigenvalue weighted by Gasteiger charge is 2.17. The summed E-state index contributed by atoms with van der Waals surface area (Å²) in [5, 5.41) is 10.5. The second kappa shape index (κ2) is 4.29. The molecule has 0 spiro atoms. The summed E-state index contributed by atoms with van der Waals surface area (Å²) in [6, 6.07) is 6.24. The predicted octanol–water partition coefficient (Wildman–Crippen LogP) is 3.16. The fraction of sp³-hybridized carbons (Fsp3) is 0.455. The largest absolute Gasteiger partial charge is 0.488 e. The molecule has 0 atom stereocenters. The Hall–Kier alpha value is -1.58. The van der Waals surface area contributed by atoms with E-state index in [9.17, 15) is 10.1 Å². The Bertz CT molecular complexity index is 361. The van der Waals surface area contributed by atoms with Gasteiger partial charge in [-0.1, -0.05) is 13.0 Å². The van der Waals surface area contributed by atoms with Gasteiger partial charge in [0.05, 0.1) is 11.0 Å². The van der Waals surface area contributed by atoms with Gasteiger partial charge in [0.15, 0.2) is 0 Å². The van der Waals surface area contributed by atoms with Crippen molar-refractivity contribution in [1.82, 2.24) is 0 Å². The van der Waals surface area contributed by atoms with E-state index in [1.54, 1.807) is 12.1 Å². The van der Waals surface area contributed by atoms with Crippen molar-refractivity contribution in [3.63, 3.8) is 0 Å². The molecule has 0 N–H and O–H groups in total. The Morgan fingerprint density at radius 1 is 1.47 bits per heavy atom. The zero-order valence-electron chi connectivity index (χ0n) is 9.19. The second-order valence-corrected chi connectivity index (χ2v) is 3.97. The molecule has 0 radical (unpaired) electrons. The van der Waals surface area contributed by atoms with Gasteiger partial charge in [0.25, 0.3) is 5.69 Å². The van der Waals surface area contributed by atoms with Crippen molar-refractivity contribution in [2.75, 3.05) is 0 Å². The first-order valence-electron chi connectivity index (χ1n) is 4.88. The van der Waals surface area contributed by atoms with Gasteiger partial charge in [-0.2, -0.15) is 0 Å². The summed E-state index contributed by atoms with van der Waals surface area (Å²) in [4.78, 5) is 10.1. The number of non-ortho nitro benzene ring substituents is 1. The summed E-state index contributed by atoms with van der Waals surface area (Å²) in [6.07, 6.45) is 0.843. The first-order chi connectivity index (χ1) is 6.94. The van der Waals surface area contributed by atoms with Crippen LogP contribution in [0.3, 0.4) is 0 Å². The predicted molar refractivity (Wildman–Crippen MR) is 58.1 cm³/mol. The van der Waals surface area contributed by atoms with E-state index < -0.39 is 4.92 Å². The van der Waals surface area contributed by atoms with Crippen LogP contribution in [0.2, 0.25) is 0 Å². The first-order valence-corrected chi connectivity index (χ1v) is 4.88. The molecular weight excluding hydrogens is 194 g/mol. The molecule has 0 saturated carbocycles. The lowest BCUT2D eigenvalue weighted by atomic mass is 10.1. The third-order valence-electron chi connectivity index (χ3n) is 2.27. The van der Waals surface area contributed by atoms with E-state index >= 15 is 0 Å². The minimum absolute atomic E-state index is 0.0550. The highest BCUT2D eigenvalue weighted by Crippen LogP contribution is 2.24. The number of nitrogens with zero attached hydrogens (tertiary/aromatic N) is 1. The molecule has 0 bridgehead atoms. The zero-order valence-corrected chi connectivity index (χ0v) is 9.19. The SMILES string of the molecule is CCC(C)(C)Oc1cccc([N+](=O)[O-])c1. The standard InChI is InChI=1S/C11H15NO3/c1-4-11(2,3)15-10-7-5-6-9(8-10)12(13)14/h5-8H,4H2,1-3H3. The van der Waals surface area contributed by atoms with E-state index in [0.717, 1.165) is 6.42 Å². The maximum Gasteiger partial charge on any atom is 0.273 e. The molecule has 0 aliphatic heterocycles. The van der Waals surface area contributed by atoms with Gasteiger partial charge in [0.2, 0.25) is 0 Å². The van der Waals surface area contributed by atoms with Crippen molar-refractivity contribution in [3.8, 4) is 5.75 Å². The maximum absolute atomic E-state index is 10.5. The summed E-state index contributed by atoms with van der Waals surface area (Å²) >= 11 is 0. The number of nitro groups is 1. The average molecular weight is 209 g/mol. The number of ether oxygens (including phenoxy) is 1. The molecule has 1 rings (SSSR count). The first kappa shape index (κ1) is 11.5. The zero-order chi connectivity index (χ0) is 11.5. The summed E-state index contributed by atoms with van der Waals surface area (Å²) in [7, 11) is 0. The lowest BCUT2D eigenvalue weighted by molar-refractivity contribution is -0.385. The van der Waals surface area contributed by atoms with E-state index in [0.29, 0.717) is 5.75 Å².